The second kappa shape index (κ2) is 5.37. The van der Waals surface area contributed by atoms with Crippen molar-refractivity contribution in [3.05, 3.63) is 35.9 Å². The molecule has 68 valence electrons. The van der Waals surface area contributed by atoms with Crippen LogP contribution in [0, 0.1) is 11.3 Å². The highest BCUT2D eigenvalue weighted by molar-refractivity contribution is 5.24. The van der Waals surface area contributed by atoms with Crippen LogP contribution in [0.3, 0.4) is 0 Å². The van der Waals surface area contributed by atoms with Gasteiger partial charge in [-0.1, -0.05) is 50.1 Å². The van der Waals surface area contributed by atoms with Crippen LogP contribution >= 0.6 is 0 Å². The maximum absolute atomic E-state index is 8.96. The van der Waals surface area contributed by atoms with E-state index in [1.165, 1.54) is 0 Å². The molecule has 13 heavy (non-hydrogen) atoms. The smallest absolute Gasteiger partial charge is 0.0712 e. The molecule has 0 bridgehead atoms. The van der Waals surface area contributed by atoms with Gasteiger partial charge >= 0.3 is 0 Å². The van der Waals surface area contributed by atoms with E-state index in [-0.39, 0.29) is 5.92 Å². The Kier molecular flexibility index (Phi) is 4.05. The van der Waals surface area contributed by atoms with Gasteiger partial charge < -0.3 is 0 Å². The highest BCUT2D eigenvalue weighted by Gasteiger charge is 2.07. The first-order valence-electron chi connectivity index (χ1n) is 4.83. The van der Waals surface area contributed by atoms with Gasteiger partial charge in [0.05, 0.1) is 12.0 Å². The molecular formula is C12H15N. The number of nitriles is 1. The third-order valence-electron chi connectivity index (χ3n) is 2.20. The quantitative estimate of drug-likeness (QED) is 0.683. The van der Waals surface area contributed by atoms with Crippen molar-refractivity contribution in [2.24, 2.45) is 0 Å². The maximum atomic E-state index is 8.96. The van der Waals surface area contributed by atoms with Crippen molar-refractivity contribution < 1.29 is 0 Å². The van der Waals surface area contributed by atoms with Crippen molar-refractivity contribution in [3.63, 3.8) is 0 Å². The van der Waals surface area contributed by atoms with Crippen molar-refractivity contribution in [3.8, 4) is 6.07 Å². The normalized spacial score (nSPS) is 12.0. The third kappa shape index (κ3) is 2.91. The monoisotopic (exact) mass is 173 g/mol. The van der Waals surface area contributed by atoms with Gasteiger partial charge in [0.15, 0.2) is 0 Å². The molecule has 1 aromatic carbocycles. The SMILES string of the molecule is CCCC[C@@H](C#N)c1ccccc1. The molecule has 0 saturated heterocycles. The van der Waals surface area contributed by atoms with Gasteiger partial charge in [-0.3, -0.25) is 0 Å². The largest absolute Gasteiger partial charge is 0.198 e. The summed E-state index contributed by atoms with van der Waals surface area (Å²) >= 11 is 0. The molecule has 1 rings (SSSR count). The van der Waals surface area contributed by atoms with E-state index >= 15 is 0 Å². The van der Waals surface area contributed by atoms with Crippen molar-refractivity contribution >= 4 is 0 Å². The van der Waals surface area contributed by atoms with Gasteiger partial charge in [-0.25, -0.2) is 0 Å². The lowest BCUT2D eigenvalue weighted by Crippen LogP contribution is -1.94. The van der Waals surface area contributed by atoms with E-state index in [2.05, 4.69) is 13.0 Å². The number of nitrogens with zero attached hydrogens (tertiary/aromatic N) is 1. The Bertz CT molecular complexity index is 271. The van der Waals surface area contributed by atoms with Crippen LogP contribution in [0.15, 0.2) is 30.3 Å². The summed E-state index contributed by atoms with van der Waals surface area (Å²) in [5.74, 6) is 0.0844. The van der Waals surface area contributed by atoms with Crippen molar-refractivity contribution in [2.75, 3.05) is 0 Å². The third-order valence-corrected chi connectivity index (χ3v) is 2.20. The van der Waals surface area contributed by atoms with Crippen molar-refractivity contribution in [1.82, 2.24) is 0 Å². The molecule has 0 fully saturated rings. The van der Waals surface area contributed by atoms with E-state index in [0.29, 0.717) is 0 Å². The lowest BCUT2D eigenvalue weighted by atomic mass is 9.95. The lowest BCUT2D eigenvalue weighted by Gasteiger charge is -2.07. The van der Waals surface area contributed by atoms with Crippen LogP contribution in [-0.4, -0.2) is 0 Å². The first kappa shape index (κ1) is 9.80. The Hall–Kier alpha value is -1.29. The summed E-state index contributed by atoms with van der Waals surface area (Å²) in [5, 5.41) is 8.96. The fraction of sp³-hybridized carbons (Fsp3) is 0.417. The molecule has 0 heterocycles. The minimum Gasteiger partial charge on any atom is -0.198 e. The Balaban J connectivity index is 2.63. The zero-order valence-corrected chi connectivity index (χ0v) is 8.03. The number of rotatable bonds is 4. The number of hydrogen-bond acceptors (Lipinski definition) is 1. The minimum atomic E-state index is 0.0844. The summed E-state index contributed by atoms with van der Waals surface area (Å²) in [6, 6.07) is 12.4. The second-order valence-electron chi connectivity index (χ2n) is 3.23. The average molecular weight is 173 g/mol. The van der Waals surface area contributed by atoms with E-state index < -0.39 is 0 Å². The zero-order chi connectivity index (χ0) is 9.52. The summed E-state index contributed by atoms with van der Waals surface area (Å²) in [5.41, 5.74) is 1.15. The summed E-state index contributed by atoms with van der Waals surface area (Å²) in [6.07, 6.45) is 3.27. The van der Waals surface area contributed by atoms with Gasteiger partial charge in [0.1, 0.15) is 0 Å². The number of unbranched alkanes of at least 4 members (excludes halogenated alkanes) is 1. The van der Waals surface area contributed by atoms with Gasteiger partial charge in [0.25, 0.3) is 0 Å². The van der Waals surface area contributed by atoms with Crippen molar-refractivity contribution in [1.29, 1.82) is 5.26 Å². The summed E-state index contributed by atoms with van der Waals surface area (Å²) < 4.78 is 0. The molecule has 0 aromatic heterocycles. The number of benzene rings is 1. The average Bonchev–Trinajstić information content (AvgIpc) is 2.21. The Morgan fingerprint density at radius 3 is 2.54 bits per heavy atom. The molecule has 0 amide bonds. The summed E-state index contributed by atoms with van der Waals surface area (Å²) in [6.45, 7) is 2.15. The number of hydrogen-bond donors (Lipinski definition) is 0. The first-order chi connectivity index (χ1) is 6.38. The van der Waals surface area contributed by atoms with Crippen LogP contribution in [0.5, 0.6) is 0 Å². The predicted octanol–water partition coefficient (Wildman–Crippen LogP) is 3.48. The molecule has 1 atom stereocenters. The van der Waals surface area contributed by atoms with E-state index in [0.717, 1.165) is 24.8 Å². The highest BCUT2D eigenvalue weighted by Crippen LogP contribution is 2.20. The molecule has 1 aromatic rings. The molecule has 0 aliphatic carbocycles. The van der Waals surface area contributed by atoms with Crippen LogP contribution in [0.4, 0.5) is 0 Å². The van der Waals surface area contributed by atoms with E-state index in [1.807, 2.05) is 30.3 Å². The lowest BCUT2D eigenvalue weighted by molar-refractivity contribution is 0.671. The van der Waals surface area contributed by atoms with E-state index in [9.17, 15) is 0 Å². The molecule has 0 aliphatic heterocycles. The van der Waals surface area contributed by atoms with Crippen LogP contribution in [0.25, 0.3) is 0 Å². The van der Waals surface area contributed by atoms with Crippen LogP contribution in [0.2, 0.25) is 0 Å². The zero-order valence-electron chi connectivity index (χ0n) is 8.03. The fourth-order valence-electron chi connectivity index (χ4n) is 1.40. The van der Waals surface area contributed by atoms with E-state index in [4.69, 9.17) is 5.26 Å². The molecule has 0 spiro atoms. The van der Waals surface area contributed by atoms with Gasteiger partial charge in [0.2, 0.25) is 0 Å². The molecule has 0 radical (unpaired) electrons. The molecule has 1 heteroatoms. The summed E-state index contributed by atoms with van der Waals surface area (Å²) in [4.78, 5) is 0. The highest BCUT2D eigenvalue weighted by atomic mass is 14.3. The molecule has 0 N–H and O–H groups in total. The fourth-order valence-corrected chi connectivity index (χ4v) is 1.40. The predicted molar refractivity (Wildman–Crippen MR) is 54.3 cm³/mol. The Morgan fingerprint density at radius 1 is 1.31 bits per heavy atom. The minimum absolute atomic E-state index is 0.0844. The molecule has 0 saturated carbocycles. The second-order valence-corrected chi connectivity index (χ2v) is 3.23. The molecule has 0 aliphatic rings. The van der Waals surface area contributed by atoms with Gasteiger partial charge in [-0.15, -0.1) is 0 Å². The van der Waals surface area contributed by atoms with Gasteiger partial charge in [-0.05, 0) is 12.0 Å². The molecule has 1 nitrogen and oxygen atoms in total. The topological polar surface area (TPSA) is 23.8 Å². The van der Waals surface area contributed by atoms with Gasteiger partial charge in [0, 0.05) is 0 Å². The van der Waals surface area contributed by atoms with E-state index in [1.54, 1.807) is 0 Å². The molecule has 0 unspecified atom stereocenters. The van der Waals surface area contributed by atoms with Crippen molar-refractivity contribution in [2.45, 2.75) is 32.1 Å². The Morgan fingerprint density at radius 2 is 2.00 bits per heavy atom. The maximum Gasteiger partial charge on any atom is 0.0712 e. The first-order valence-corrected chi connectivity index (χ1v) is 4.83. The van der Waals surface area contributed by atoms with Crippen LogP contribution in [-0.2, 0) is 0 Å². The molecular weight excluding hydrogens is 158 g/mol. The van der Waals surface area contributed by atoms with Crippen LogP contribution < -0.4 is 0 Å². The summed E-state index contributed by atoms with van der Waals surface area (Å²) in [7, 11) is 0. The standard InChI is InChI=1S/C12H15N/c1-2-3-7-12(10-13)11-8-5-4-6-9-11/h4-6,8-9,12H,2-3,7H2,1H3/t12-/m0/s1. The van der Waals surface area contributed by atoms with Crippen LogP contribution in [0.1, 0.15) is 37.7 Å². The Labute approximate surface area is 80.0 Å². The van der Waals surface area contributed by atoms with Gasteiger partial charge in [-0.2, -0.15) is 5.26 Å².